The van der Waals surface area contributed by atoms with E-state index >= 15 is 0 Å². The summed E-state index contributed by atoms with van der Waals surface area (Å²) in [5.74, 6) is -0.547. The van der Waals surface area contributed by atoms with Crippen molar-refractivity contribution in [2.75, 3.05) is 0 Å². The summed E-state index contributed by atoms with van der Waals surface area (Å²) in [6.07, 6.45) is 30.5. The minimum absolute atomic E-state index is 0.0712. The fourth-order valence-electron chi connectivity index (χ4n) is 8.61. The zero-order chi connectivity index (χ0) is 54.3. The van der Waals surface area contributed by atoms with Crippen LogP contribution in [0, 0.1) is 6.92 Å². The van der Waals surface area contributed by atoms with E-state index in [1.165, 1.54) is 153 Å². The van der Waals surface area contributed by atoms with Gasteiger partial charge in [-0.05, 0) is 79.1 Å². The molecule has 0 radical (unpaired) electrons. The zero-order valence-electron chi connectivity index (χ0n) is 45.3. The van der Waals surface area contributed by atoms with E-state index in [0.717, 1.165) is 53.5 Å². The van der Waals surface area contributed by atoms with Crippen LogP contribution in [0.15, 0.2) is 171 Å². The Morgan fingerprint density at radius 3 is 0.893 bits per heavy atom. The lowest BCUT2D eigenvalue weighted by molar-refractivity contribution is 0.461. The molecule has 0 saturated heterocycles. The van der Waals surface area contributed by atoms with Gasteiger partial charge in [-0.1, -0.05) is 275 Å². The summed E-state index contributed by atoms with van der Waals surface area (Å²) in [5.41, 5.74) is 4.24. The van der Waals surface area contributed by atoms with Gasteiger partial charge in [0.15, 0.2) is 23.0 Å². The highest BCUT2D eigenvalue weighted by Crippen LogP contribution is 2.26. The molecule has 0 aliphatic rings. The minimum atomic E-state index is -0.362. The topological polar surface area (TPSA) is 149 Å². The Hall–Kier alpha value is -6.80. The van der Waals surface area contributed by atoms with Gasteiger partial charge in [-0.2, -0.15) is 0 Å². The molecule has 0 saturated carbocycles. The third-order valence-electron chi connectivity index (χ3n) is 13.2. The molecule has 402 valence electrons. The van der Waals surface area contributed by atoms with Crippen molar-refractivity contribution in [3.8, 4) is 45.3 Å². The van der Waals surface area contributed by atoms with Crippen LogP contribution in [0.1, 0.15) is 172 Å². The first kappa shape index (κ1) is 62.5. The molecule has 0 unspecified atom stereocenters. The van der Waals surface area contributed by atoms with Crippen LogP contribution in [0.25, 0.3) is 22.3 Å². The Morgan fingerprint density at radius 2 is 0.547 bits per heavy atom. The summed E-state index contributed by atoms with van der Waals surface area (Å²) in [5, 5.41) is 39.1. The summed E-state index contributed by atoms with van der Waals surface area (Å²) >= 11 is 0. The van der Waals surface area contributed by atoms with Crippen molar-refractivity contribution < 1.29 is 20.4 Å². The van der Waals surface area contributed by atoms with E-state index in [1.54, 1.807) is 48.5 Å². The van der Waals surface area contributed by atoms with Crippen molar-refractivity contribution in [2.24, 2.45) is 0 Å². The minimum Gasteiger partial charge on any atom is -0.504 e. The quantitative estimate of drug-likeness (QED) is 0.0393. The summed E-state index contributed by atoms with van der Waals surface area (Å²) < 4.78 is 0. The van der Waals surface area contributed by atoms with Crippen LogP contribution in [0.5, 0.6) is 23.0 Å². The second-order valence-corrected chi connectivity index (χ2v) is 19.4. The van der Waals surface area contributed by atoms with Gasteiger partial charge < -0.3 is 20.4 Å². The second-order valence-electron chi connectivity index (χ2n) is 19.4. The van der Waals surface area contributed by atoms with Crippen molar-refractivity contribution in [2.45, 2.75) is 175 Å². The lowest BCUT2D eigenvalue weighted by Gasteiger charge is -2.03. The summed E-state index contributed by atoms with van der Waals surface area (Å²) in [7, 11) is 0. The number of unbranched alkanes of at least 4 members (excludes halogenated alkanes) is 20. The second kappa shape index (κ2) is 38.7. The van der Waals surface area contributed by atoms with Gasteiger partial charge in [-0.25, -0.2) is 0 Å². The van der Waals surface area contributed by atoms with Crippen LogP contribution >= 0.6 is 0 Å². The van der Waals surface area contributed by atoms with Gasteiger partial charge in [0.2, 0.25) is 21.7 Å². The molecule has 0 aromatic heterocycles. The first-order valence-corrected chi connectivity index (χ1v) is 27.9. The summed E-state index contributed by atoms with van der Waals surface area (Å²) in [6, 6.07) is 43.5. The van der Waals surface area contributed by atoms with E-state index in [2.05, 4.69) is 13.8 Å². The molecular formula is C67H86O8. The van der Waals surface area contributed by atoms with Gasteiger partial charge in [0.25, 0.3) is 0 Å². The number of hydrogen-bond acceptors (Lipinski definition) is 8. The molecule has 0 aliphatic carbocycles. The molecule has 0 atom stereocenters. The monoisotopic (exact) mass is 1020 g/mol. The highest BCUT2D eigenvalue weighted by molar-refractivity contribution is 5.70. The molecule has 0 aliphatic heterocycles. The van der Waals surface area contributed by atoms with Gasteiger partial charge in [-0.3, -0.25) is 19.2 Å². The van der Waals surface area contributed by atoms with E-state index in [0.29, 0.717) is 11.1 Å². The molecule has 8 nitrogen and oxygen atoms in total. The molecule has 0 fully saturated rings. The Bertz CT molecular complexity index is 2740. The van der Waals surface area contributed by atoms with Gasteiger partial charge in [-0.15, -0.1) is 0 Å². The molecule has 6 aromatic carbocycles. The predicted molar refractivity (Wildman–Crippen MR) is 313 cm³/mol. The fraction of sp³-hybridized carbons (Fsp3) is 0.403. The first-order valence-electron chi connectivity index (χ1n) is 27.9. The summed E-state index contributed by atoms with van der Waals surface area (Å²) in [6.45, 7) is 6.51. The number of aromatic hydroxyl groups is 4. The van der Waals surface area contributed by atoms with Crippen molar-refractivity contribution in [1.82, 2.24) is 0 Å². The third kappa shape index (κ3) is 25.8. The van der Waals surface area contributed by atoms with Gasteiger partial charge in [0.1, 0.15) is 0 Å². The number of hydrogen-bond donors (Lipinski definition) is 4. The molecule has 6 rings (SSSR count). The van der Waals surface area contributed by atoms with Crippen molar-refractivity contribution >= 4 is 0 Å². The third-order valence-corrected chi connectivity index (χ3v) is 13.2. The smallest absolute Gasteiger partial charge is 0.220 e. The van der Waals surface area contributed by atoms with Crippen molar-refractivity contribution in [3.05, 3.63) is 209 Å². The Balaban J connectivity index is 0.000000267. The average Bonchev–Trinajstić information content (AvgIpc) is 3.85. The molecule has 75 heavy (non-hydrogen) atoms. The largest absolute Gasteiger partial charge is 0.504 e. The normalized spacial score (nSPS) is 10.4. The van der Waals surface area contributed by atoms with E-state index in [1.807, 2.05) is 85.8 Å². The molecule has 0 bridgehead atoms. The highest BCUT2D eigenvalue weighted by atomic mass is 16.3. The Morgan fingerprint density at radius 1 is 0.280 bits per heavy atom. The molecule has 4 N–H and O–H groups in total. The molecule has 0 heterocycles. The molecular weight excluding hydrogens is 933 g/mol. The fourth-order valence-corrected chi connectivity index (χ4v) is 8.61. The Labute approximate surface area is 447 Å². The lowest BCUT2D eigenvalue weighted by atomic mass is 10.0. The van der Waals surface area contributed by atoms with Gasteiger partial charge in [0.05, 0.1) is 0 Å². The van der Waals surface area contributed by atoms with E-state index in [9.17, 15) is 39.6 Å². The average molecular weight is 1020 g/mol. The van der Waals surface area contributed by atoms with Crippen LogP contribution in [0.2, 0.25) is 0 Å². The zero-order valence-corrected chi connectivity index (χ0v) is 45.3. The number of aryl methyl sites for hydroxylation is 3. The van der Waals surface area contributed by atoms with Crippen molar-refractivity contribution in [1.29, 1.82) is 0 Å². The van der Waals surface area contributed by atoms with Crippen LogP contribution in [-0.2, 0) is 12.8 Å². The van der Waals surface area contributed by atoms with Gasteiger partial charge >= 0.3 is 0 Å². The van der Waals surface area contributed by atoms with Crippen LogP contribution in [0.3, 0.4) is 0 Å². The van der Waals surface area contributed by atoms with Crippen LogP contribution in [0.4, 0.5) is 0 Å². The molecule has 8 heteroatoms. The number of rotatable bonds is 26. The predicted octanol–water partition coefficient (Wildman–Crippen LogP) is 16.4. The highest BCUT2D eigenvalue weighted by Gasteiger charge is 2.07. The standard InChI is InChI=1S/C21H34O2.C19H30O2.C14H12O2.C13H10O2/c1-2-3-4-5-6-7-8-9-10-11-12-13-16-19-17-14-15-18-20(22)21(19)23;1-2-3-4-5-6-7-8-9-10-11-14-17-15-12-13-16-18(20)19(17)21;1-10-6-8-11(9-7-10)12-4-2-3-5-13(15)14(12)16;14-12-9-5-4-8-11(13(12)15)10-6-2-1-3-7-10/h14-15,17-18H,2-13,16H2,1H3,(H,22,23);12-13,15-16H,2-11,14H2,1H3,(H,20,21);2-9H,1H3,(H,15,16);1-9H,(H,14,15). The SMILES string of the molecule is CCCCCCCCCCCCCCc1ccccc(=O)c1O.CCCCCCCCCCCCc1ccccc(=O)c1O.Cc1ccc(-c2ccccc(=O)c2O)cc1.O=c1ccccc(-c2ccccc2)c1O. The first-order chi connectivity index (χ1) is 36.5. The van der Waals surface area contributed by atoms with E-state index in [4.69, 9.17) is 0 Å². The van der Waals surface area contributed by atoms with Crippen LogP contribution in [-0.4, -0.2) is 20.4 Å². The Kier molecular flexibility index (Phi) is 32.3. The molecule has 0 spiro atoms. The maximum Gasteiger partial charge on any atom is 0.220 e. The van der Waals surface area contributed by atoms with Crippen LogP contribution < -0.4 is 21.7 Å². The van der Waals surface area contributed by atoms with Crippen molar-refractivity contribution in [3.63, 3.8) is 0 Å². The maximum absolute atomic E-state index is 11.5. The molecule has 6 aromatic rings. The van der Waals surface area contributed by atoms with Gasteiger partial charge in [0, 0.05) is 11.1 Å². The number of benzene rings is 2. The maximum atomic E-state index is 11.5. The van der Waals surface area contributed by atoms with E-state index in [-0.39, 0.29) is 44.7 Å². The lowest BCUT2D eigenvalue weighted by Crippen LogP contribution is -1.97. The van der Waals surface area contributed by atoms with E-state index < -0.39 is 0 Å². The summed E-state index contributed by atoms with van der Waals surface area (Å²) in [4.78, 5) is 45.8. The molecule has 0 amide bonds.